The predicted molar refractivity (Wildman–Crippen MR) is 83.0 cm³/mol. The van der Waals surface area contributed by atoms with Gasteiger partial charge in [0.15, 0.2) is 0 Å². The number of aliphatic hydroxyl groups excluding tert-OH is 1. The van der Waals surface area contributed by atoms with Crippen LogP contribution in [0.3, 0.4) is 0 Å². The molecule has 1 saturated heterocycles. The highest BCUT2D eigenvalue weighted by molar-refractivity contribution is 5.88. The number of rotatable bonds is 2. The number of hydrogen-bond donors (Lipinski definition) is 1. The molecular weight excluding hydrogens is 281 g/mol. The normalized spacial score (nSPS) is 22.5. The highest BCUT2D eigenvalue weighted by Crippen LogP contribution is 2.41. The van der Waals surface area contributed by atoms with E-state index >= 15 is 0 Å². The van der Waals surface area contributed by atoms with E-state index in [9.17, 15) is 14.3 Å². The van der Waals surface area contributed by atoms with Crippen LogP contribution in [0, 0.1) is 5.82 Å². The lowest BCUT2D eigenvalue weighted by Crippen LogP contribution is -2.51. The first-order valence-corrected chi connectivity index (χ1v) is 8.35. The lowest BCUT2D eigenvalue weighted by Gasteiger charge is -2.42. The van der Waals surface area contributed by atoms with E-state index in [1.165, 1.54) is 12.1 Å². The molecule has 2 aliphatic rings. The summed E-state index contributed by atoms with van der Waals surface area (Å²) in [6.45, 7) is 1.22. The van der Waals surface area contributed by atoms with Crippen LogP contribution < -0.4 is 0 Å². The number of piperidine rings is 1. The van der Waals surface area contributed by atoms with Crippen LogP contribution in [0.2, 0.25) is 0 Å². The summed E-state index contributed by atoms with van der Waals surface area (Å²) in [7, 11) is 0. The van der Waals surface area contributed by atoms with E-state index < -0.39 is 5.41 Å². The van der Waals surface area contributed by atoms with Crippen molar-refractivity contribution in [3.05, 3.63) is 35.6 Å². The molecule has 1 N–H and O–H groups in total. The molecule has 0 spiro atoms. The molecule has 3 nitrogen and oxygen atoms in total. The summed E-state index contributed by atoms with van der Waals surface area (Å²) in [6.07, 6.45) is 5.76. The van der Waals surface area contributed by atoms with Crippen molar-refractivity contribution in [1.29, 1.82) is 0 Å². The number of carbonyl (C=O) groups excluding carboxylic acids is 1. The molecule has 1 aliphatic carbocycles. The molecule has 0 atom stereocenters. The van der Waals surface area contributed by atoms with E-state index in [2.05, 4.69) is 0 Å². The highest BCUT2D eigenvalue weighted by atomic mass is 19.1. The van der Waals surface area contributed by atoms with Gasteiger partial charge >= 0.3 is 0 Å². The van der Waals surface area contributed by atoms with E-state index in [-0.39, 0.29) is 17.8 Å². The second kappa shape index (κ2) is 6.37. The average Bonchev–Trinajstić information content (AvgIpc) is 2.55. The number of halogens is 1. The molecule has 120 valence electrons. The topological polar surface area (TPSA) is 40.5 Å². The van der Waals surface area contributed by atoms with Crippen molar-refractivity contribution in [2.24, 2.45) is 0 Å². The number of likely N-dealkylation sites (tertiary alicyclic amines) is 1. The maximum atomic E-state index is 13.7. The standard InChI is InChI=1S/C18H24FNO2/c19-15-6-4-5-14(13-15)18(9-2-1-3-10-18)17(22)20-11-7-16(21)8-12-20/h4-6,13,16,21H,1-3,7-12H2. The van der Waals surface area contributed by atoms with Gasteiger partial charge in [0.25, 0.3) is 0 Å². The third-order valence-electron chi connectivity index (χ3n) is 5.25. The third kappa shape index (κ3) is 2.89. The fourth-order valence-electron chi connectivity index (χ4n) is 3.94. The van der Waals surface area contributed by atoms with Crippen molar-refractivity contribution in [2.45, 2.75) is 56.5 Å². The lowest BCUT2D eigenvalue weighted by molar-refractivity contribution is -0.141. The molecule has 2 fully saturated rings. The molecule has 1 amide bonds. The van der Waals surface area contributed by atoms with E-state index in [4.69, 9.17) is 0 Å². The van der Waals surface area contributed by atoms with Gasteiger partial charge < -0.3 is 10.0 Å². The lowest BCUT2D eigenvalue weighted by atomic mass is 9.68. The van der Waals surface area contributed by atoms with Gasteiger partial charge in [-0.15, -0.1) is 0 Å². The zero-order chi connectivity index (χ0) is 15.6. The Balaban J connectivity index is 1.90. The van der Waals surface area contributed by atoms with E-state index in [1.807, 2.05) is 11.0 Å². The second-order valence-corrected chi connectivity index (χ2v) is 6.68. The van der Waals surface area contributed by atoms with Gasteiger partial charge in [0.1, 0.15) is 5.82 Å². The van der Waals surface area contributed by atoms with Crippen LogP contribution in [0.1, 0.15) is 50.5 Å². The van der Waals surface area contributed by atoms with Gasteiger partial charge in [0.2, 0.25) is 5.91 Å². The molecule has 0 radical (unpaired) electrons. The molecule has 1 saturated carbocycles. The molecule has 1 aliphatic heterocycles. The van der Waals surface area contributed by atoms with Crippen LogP contribution in [0.15, 0.2) is 24.3 Å². The Morgan fingerprint density at radius 1 is 1.18 bits per heavy atom. The third-order valence-corrected chi connectivity index (χ3v) is 5.25. The Kier molecular flexibility index (Phi) is 4.48. The number of amides is 1. The first-order valence-electron chi connectivity index (χ1n) is 8.35. The number of benzene rings is 1. The van der Waals surface area contributed by atoms with Crippen molar-refractivity contribution in [2.75, 3.05) is 13.1 Å². The van der Waals surface area contributed by atoms with Crippen molar-refractivity contribution in [1.82, 2.24) is 4.90 Å². The second-order valence-electron chi connectivity index (χ2n) is 6.68. The smallest absolute Gasteiger partial charge is 0.233 e. The van der Waals surface area contributed by atoms with Gasteiger partial charge in [0, 0.05) is 13.1 Å². The van der Waals surface area contributed by atoms with Gasteiger partial charge in [-0.1, -0.05) is 31.4 Å². The zero-order valence-corrected chi connectivity index (χ0v) is 12.9. The number of aliphatic hydroxyl groups is 1. The van der Waals surface area contributed by atoms with Gasteiger partial charge in [-0.25, -0.2) is 4.39 Å². The SMILES string of the molecule is O=C(N1CCC(O)CC1)C1(c2cccc(F)c2)CCCCC1. The maximum absolute atomic E-state index is 13.7. The molecule has 0 bridgehead atoms. The first-order chi connectivity index (χ1) is 10.6. The number of nitrogens with zero attached hydrogens (tertiary/aromatic N) is 1. The molecular formula is C18H24FNO2. The van der Waals surface area contributed by atoms with Crippen molar-refractivity contribution >= 4 is 5.91 Å². The zero-order valence-electron chi connectivity index (χ0n) is 12.9. The summed E-state index contributed by atoms with van der Waals surface area (Å²) in [5.41, 5.74) is 0.256. The first kappa shape index (κ1) is 15.5. The maximum Gasteiger partial charge on any atom is 0.233 e. The van der Waals surface area contributed by atoms with E-state index in [0.717, 1.165) is 37.7 Å². The minimum atomic E-state index is -0.567. The Morgan fingerprint density at radius 2 is 1.86 bits per heavy atom. The molecule has 22 heavy (non-hydrogen) atoms. The number of hydrogen-bond acceptors (Lipinski definition) is 2. The van der Waals surface area contributed by atoms with Crippen LogP contribution in [-0.2, 0) is 10.2 Å². The summed E-state index contributed by atoms with van der Waals surface area (Å²) in [5.74, 6) is -0.144. The van der Waals surface area contributed by atoms with Crippen molar-refractivity contribution < 1.29 is 14.3 Å². The molecule has 1 aromatic rings. The summed E-state index contributed by atoms with van der Waals surface area (Å²) in [4.78, 5) is 15.1. The van der Waals surface area contributed by atoms with Crippen LogP contribution >= 0.6 is 0 Å². The molecule has 1 heterocycles. The highest BCUT2D eigenvalue weighted by Gasteiger charge is 2.44. The Hall–Kier alpha value is -1.42. The fourth-order valence-corrected chi connectivity index (χ4v) is 3.94. The van der Waals surface area contributed by atoms with Crippen LogP contribution in [0.4, 0.5) is 4.39 Å². The van der Waals surface area contributed by atoms with Crippen molar-refractivity contribution in [3.8, 4) is 0 Å². The monoisotopic (exact) mass is 305 g/mol. The van der Waals surface area contributed by atoms with Crippen LogP contribution in [0.5, 0.6) is 0 Å². The molecule has 0 aromatic heterocycles. The molecule has 1 aromatic carbocycles. The summed E-state index contributed by atoms with van der Waals surface area (Å²) >= 11 is 0. The Labute approximate surface area is 131 Å². The van der Waals surface area contributed by atoms with Crippen LogP contribution in [0.25, 0.3) is 0 Å². The van der Waals surface area contributed by atoms with Gasteiger partial charge in [-0.05, 0) is 43.4 Å². The minimum absolute atomic E-state index is 0.129. The van der Waals surface area contributed by atoms with E-state index in [1.54, 1.807) is 6.07 Å². The Bertz CT molecular complexity index is 532. The molecule has 0 unspecified atom stereocenters. The summed E-state index contributed by atoms with van der Waals surface area (Å²) in [5, 5.41) is 9.65. The van der Waals surface area contributed by atoms with E-state index in [0.29, 0.717) is 25.9 Å². The molecule has 3 rings (SSSR count). The van der Waals surface area contributed by atoms with Gasteiger partial charge in [-0.3, -0.25) is 4.79 Å². The average molecular weight is 305 g/mol. The predicted octanol–water partition coefficient (Wildman–Crippen LogP) is 3.01. The Morgan fingerprint density at radius 3 is 2.50 bits per heavy atom. The van der Waals surface area contributed by atoms with Crippen molar-refractivity contribution in [3.63, 3.8) is 0 Å². The largest absolute Gasteiger partial charge is 0.393 e. The summed E-state index contributed by atoms with van der Waals surface area (Å²) in [6, 6.07) is 6.56. The van der Waals surface area contributed by atoms with Gasteiger partial charge in [-0.2, -0.15) is 0 Å². The van der Waals surface area contributed by atoms with Crippen LogP contribution in [-0.4, -0.2) is 35.1 Å². The quantitative estimate of drug-likeness (QED) is 0.912. The number of carbonyl (C=O) groups is 1. The fraction of sp³-hybridized carbons (Fsp3) is 0.611. The minimum Gasteiger partial charge on any atom is -0.393 e. The molecule has 4 heteroatoms. The summed E-state index contributed by atoms with van der Waals surface area (Å²) < 4.78 is 13.7. The van der Waals surface area contributed by atoms with Gasteiger partial charge in [0.05, 0.1) is 11.5 Å².